The first kappa shape index (κ1) is 55.0. The summed E-state index contributed by atoms with van der Waals surface area (Å²) < 4.78 is 41.1. The number of benzene rings is 1. The number of ether oxygens (including phenoxy) is 1. The minimum Gasteiger partial charge on any atom is -0.506 e. The Morgan fingerprint density at radius 3 is 2.26 bits per heavy atom. The molecule has 3 rings (SSSR count). The number of nitrogens with two attached hydrogens (primary N) is 2. The van der Waals surface area contributed by atoms with E-state index in [9.17, 15) is 57.3 Å². The molecule has 1 aromatic carbocycles. The molecule has 2 fully saturated rings. The van der Waals surface area contributed by atoms with Gasteiger partial charge in [-0.1, -0.05) is 58.2 Å². The Hall–Kier alpha value is -5.34. The average molecular weight is 977 g/mol. The van der Waals surface area contributed by atoms with E-state index in [-0.39, 0.29) is 61.8 Å². The second-order valence-electron chi connectivity index (χ2n) is 16.4. The first-order chi connectivity index (χ1) is 30.8. The number of phenolic OH excluding ortho intramolecular Hbond substituents is 1. The topological polar surface area (TPSA) is 372 Å². The van der Waals surface area contributed by atoms with Gasteiger partial charge in [0.15, 0.2) is 12.1 Å². The van der Waals surface area contributed by atoms with Crippen LogP contribution in [-0.4, -0.2) is 160 Å². The van der Waals surface area contributed by atoms with Gasteiger partial charge < -0.3 is 62.6 Å². The van der Waals surface area contributed by atoms with Crippen LogP contribution in [0.1, 0.15) is 78.7 Å². The van der Waals surface area contributed by atoms with Gasteiger partial charge in [-0.3, -0.25) is 38.3 Å². The minimum absolute atomic E-state index is 0.0336. The summed E-state index contributed by atoms with van der Waals surface area (Å²) in [6, 6.07) is -5.13. The fraction of sp³-hybridized carbons (Fsp3) is 0.650. The number of carbonyl (C=O) groups excluding carboxylic acids is 7. The molecule has 2 saturated heterocycles. The molecule has 6 amide bonds. The maximum Gasteiger partial charge on any atom is 0.397 e. The van der Waals surface area contributed by atoms with Gasteiger partial charge in [-0.2, -0.15) is 8.42 Å². The first-order valence-corrected chi connectivity index (χ1v) is 23.1. The summed E-state index contributed by atoms with van der Waals surface area (Å²) in [5, 5.41) is 41.7. The highest BCUT2D eigenvalue weighted by Gasteiger charge is 2.47. The van der Waals surface area contributed by atoms with Gasteiger partial charge in [0, 0.05) is 20.0 Å². The lowest BCUT2D eigenvalue weighted by Crippen LogP contribution is -2.66. The SMILES string of the molecule is CCC(C)[C@@H]1NC(=O)C(Cc2ccc(O)c(Cl)c2)N(C)C(=O)[C@H](C(C)CC)N2C(=O)C(CC[C@H]2O)NC(=O)[C@H](CCCN=C(N)N)NC(=O)[C@@H](NC(=O)C(O)COS(=O)(=O)O)[C@@H](C)OC1=O. The molecule has 26 heteroatoms. The molecular formula is C40H62ClN9O15S. The summed E-state index contributed by atoms with van der Waals surface area (Å²) in [4.78, 5) is 105. The predicted octanol–water partition coefficient (Wildman–Crippen LogP) is -2.06. The van der Waals surface area contributed by atoms with Crippen molar-refractivity contribution in [2.45, 2.75) is 134 Å². The van der Waals surface area contributed by atoms with Gasteiger partial charge in [-0.05, 0) is 62.1 Å². The van der Waals surface area contributed by atoms with Gasteiger partial charge in [0.1, 0.15) is 60.9 Å². The number of rotatable bonds is 15. The van der Waals surface area contributed by atoms with Crippen LogP contribution in [0.15, 0.2) is 23.2 Å². The molecule has 0 spiro atoms. The van der Waals surface area contributed by atoms with E-state index in [1.807, 2.05) is 0 Å². The van der Waals surface area contributed by atoms with Gasteiger partial charge in [0.25, 0.3) is 5.91 Å². The highest BCUT2D eigenvalue weighted by Crippen LogP contribution is 2.29. The highest BCUT2D eigenvalue weighted by molar-refractivity contribution is 7.80. The van der Waals surface area contributed by atoms with Crippen LogP contribution in [0.25, 0.3) is 0 Å². The van der Waals surface area contributed by atoms with Crippen molar-refractivity contribution >= 4 is 69.4 Å². The number of aliphatic hydroxyl groups is 2. The molecule has 2 aliphatic heterocycles. The number of guanidine groups is 1. The molecule has 2 heterocycles. The van der Waals surface area contributed by atoms with Crippen molar-refractivity contribution in [2.24, 2.45) is 28.3 Å². The summed E-state index contributed by atoms with van der Waals surface area (Å²) in [7, 11) is -3.83. The molecule has 24 nitrogen and oxygen atoms in total. The predicted molar refractivity (Wildman–Crippen MR) is 235 cm³/mol. The van der Waals surface area contributed by atoms with Crippen molar-refractivity contribution in [1.29, 1.82) is 0 Å². The fourth-order valence-corrected chi connectivity index (χ4v) is 7.81. The molecule has 12 N–H and O–H groups in total. The monoisotopic (exact) mass is 975 g/mol. The third-order valence-electron chi connectivity index (χ3n) is 11.6. The molecule has 1 aromatic rings. The van der Waals surface area contributed by atoms with Crippen molar-refractivity contribution in [3.05, 3.63) is 28.8 Å². The van der Waals surface area contributed by atoms with Gasteiger partial charge in [0.2, 0.25) is 29.5 Å². The lowest BCUT2D eigenvalue weighted by Gasteiger charge is -2.44. The summed E-state index contributed by atoms with van der Waals surface area (Å²) in [5.41, 5.74) is 11.3. The second-order valence-corrected chi connectivity index (χ2v) is 17.9. The number of carbonyl (C=O) groups is 7. The standard InChI is InChI=1S/C40H62ClN9O15S/c1-7-19(3)30-39(60)65-21(5)31(48-35(56)28(52)18-64-66(61,62)63)36(57)45-24(10-9-15-44-40(42)43)33(54)46-25-12-14-29(53)50(37(25)58)32(20(4)8-2)38(59)49(6)26(34(55)47-30)17-22-11-13-27(51)23(41)16-22/h11,13,16,19-21,24-26,28-32,51-53H,7-10,12,14-15,17-18H2,1-6H3,(H,45,57)(H,46,54)(H,47,55)(H,48,56)(H4,42,43,44)(H,61,62,63)/t19?,20?,21-,24+,25?,26?,28?,29-,30+,31+,32+/m1/s1. The van der Waals surface area contributed by atoms with Crippen LogP contribution >= 0.6 is 11.6 Å². The zero-order valence-electron chi connectivity index (χ0n) is 37.5. The number of hydrogen-bond donors (Lipinski definition) is 10. The number of halogens is 1. The number of aliphatic imine (C=N–C) groups is 1. The van der Waals surface area contributed by atoms with Crippen molar-refractivity contribution in [3.63, 3.8) is 0 Å². The van der Waals surface area contributed by atoms with E-state index < -0.39 is 125 Å². The van der Waals surface area contributed by atoms with Crippen LogP contribution in [0.2, 0.25) is 5.02 Å². The number of amides is 6. The minimum atomic E-state index is -5.14. The summed E-state index contributed by atoms with van der Waals surface area (Å²) >= 11 is 6.22. The Labute approximate surface area is 387 Å². The van der Waals surface area contributed by atoms with Crippen molar-refractivity contribution in [2.75, 3.05) is 20.2 Å². The van der Waals surface area contributed by atoms with E-state index in [1.54, 1.807) is 27.7 Å². The number of esters is 1. The molecule has 0 radical (unpaired) electrons. The Bertz CT molecular complexity index is 2080. The Morgan fingerprint density at radius 1 is 1.02 bits per heavy atom. The molecule has 0 saturated carbocycles. The summed E-state index contributed by atoms with van der Waals surface area (Å²) in [6.07, 6.45) is -5.62. The summed E-state index contributed by atoms with van der Waals surface area (Å²) in [6.45, 7) is 6.53. The number of nitrogens with one attached hydrogen (secondary N) is 4. The molecule has 0 aromatic heterocycles. The quantitative estimate of drug-likeness (QED) is 0.0297. The normalized spacial score (nSPS) is 26.6. The third-order valence-corrected chi connectivity index (χ3v) is 12.3. The van der Waals surface area contributed by atoms with Crippen molar-refractivity contribution in [3.8, 4) is 5.75 Å². The Kier molecular flexibility index (Phi) is 20.4. The Balaban J connectivity index is 2.26. The molecule has 370 valence electrons. The van der Waals surface area contributed by atoms with Crippen molar-refractivity contribution < 1.29 is 70.8 Å². The van der Waals surface area contributed by atoms with Gasteiger partial charge in [-0.15, -0.1) is 0 Å². The van der Waals surface area contributed by atoms with Gasteiger partial charge in [0.05, 0.1) is 5.02 Å². The zero-order chi connectivity index (χ0) is 49.8. The van der Waals surface area contributed by atoms with E-state index >= 15 is 0 Å². The molecule has 11 atom stereocenters. The number of aliphatic hydroxyl groups excluding tert-OH is 2. The Morgan fingerprint density at radius 2 is 1.67 bits per heavy atom. The van der Waals surface area contributed by atoms with E-state index in [2.05, 4.69) is 30.4 Å². The van der Waals surface area contributed by atoms with Crippen LogP contribution in [-0.2, 0) is 59.3 Å². The van der Waals surface area contributed by atoms with Crippen molar-refractivity contribution in [1.82, 2.24) is 31.1 Å². The first-order valence-electron chi connectivity index (χ1n) is 21.3. The zero-order valence-corrected chi connectivity index (χ0v) is 39.1. The maximum atomic E-state index is 14.8. The van der Waals surface area contributed by atoms with E-state index in [4.69, 9.17) is 32.4 Å². The molecular weight excluding hydrogens is 914 g/mol. The van der Waals surface area contributed by atoms with Crippen LogP contribution in [0, 0.1) is 11.8 Å². The lowest BCUT2D eigenvalue weighted by atomic mass is 9.91. The number of phenols is 1. The van der Waals surface area contributed by atoms with Gasteiger partial charge >= 0.3 is 16.4 Å². The molecule has 66 heavy (non-hydrogen) atoms. The molecule has 2 bridgehead atoms. The average Bonchev–Trinajstić information content (AvgIpc) is 3.25. The highest BCUT2D eigenvalue weighted by atomic mass is 35.5. The number of hydrogen-bond acceptors (Lipinski definition) is 15. The lowest BCUT2D eigenvalue weighted by molar-refractivity contribution is -0.168. The largest absolute Gasteiger partial charge is 0.506 e. The van der Waals surface area contributed by atoms with Crippen LogP contribution in [0.4, 0.5) is 0 Å². The van der Waals surface area contributed by atoms with E-state index in [0.717, 1.165) is 16.7 Å². The number of fused-ring (bicyclic) bond motifs is 2. The molecule has 0 aliphatic carbocycles. The number of nitrogens with zero attached hydrogens (tertiary/aromatic N) is 3. The smallest absolute Gasteiger partial charge is 0.397 e. The number of likely N-dealkylation sites (N-methyl/N-ethyl adjacent to an activating group) is 1. The van der Waals surface area contributed by atoms with Crippen LogP contribution < -0.4 is 32.7 Å². The summed E-state index contributed by atoms with van der Waals surface area (Å²) in [5.74, 6) is -9.14. The number of aromatic hydroxyl groups is 1. The molecule has 5 unspecified atom stereocenters. The van der Waals surface area contributed by atoms with E-state index in [0.29, 0.717) is 12.0 Å². The maximum absolute atomic E-state index is 14.8. The van der Waals surface area contributed by atoms with Crippen LogP contribution in [0.3, 0.4) is 0 Å². The number of piperidine rings is 1. The second kappa shape index (κ2) is 24.4. The fourth-order valence-electron chi connectivity index (χ4n) is 7.31. The van der Waals surface area contributed by atoms with Crippen LogP contribution in [0.5, 0.6) is 5.75 Å². The van der Waals surface area contributed by atoms with Gasteiger partial charge in [-0.25, -0.2) is 8.98 Å². The van der Waals surface area contributed by atoms with E-state index in [1.165, 1.54) is 25.2 Å². The third kappa shape index (κ3) is 15.1. The molecule has 2 aliphatic rings. The number of cyclic esters (lactones) is 1.